The van der Waals surface area contributed by atoms with Gasteiger partial charge in [0, 0.05) is 17.7 Å². The monoisotopic (exact) mass is 288 g/mol. The number of nitrogens with two attached hydrogens (primary N) is 1. The fourth-order valence-electron chi connectivity index (χ4n) is 1.85. The van der Waals surface area contributed by atoms with E-state index in [9.17, 15) is 9.18 Å². The summed E-state index contributed by atoms with van der Waals surface area (Å²) < 4.78 is 19.0. The number of hydrogen-bond acceptors (Lipinski definition) is 3. The van der Waals surface area contributed by atoms with Crippen LogP contribution in [0.5, 0.6) is 5.75 Å². The highest BCUT2D eigenvalue weighted by Gasteiger charge is 2.09. The van der Waals surface area contributed by atoms with E-state index >= 15 is 0 Å². The highest BCUT2D eigenvalue weighted by molar-refractivity contribution is 5.95. The van der Waals surface area contributed by atoms with E-state index in [0.717, 1.165) is 0 Å². The minimum atomic E-state index is -0.324. The fourth-order valence-corrected chi connectivity index (χ4v) is 1.85. The summed E-state index contributed by atoms with van der Waals surface area (Å²) in [7, 11) is 0. The topological polar surface area (TPSA) is 64.3 Å². The van der Waals surface area contributed by atoms with Crippen LogP contribution in [0.15, 0.2) is 42.5 Å². The molecule has 0 saturated heterocycles. The molecule has 3 N–H and O–H groups in total. The summed E-state index contributed by atoms with van der Waals surface area (Å²) in [5.41, 5.74) is 7.12. The van der Waals surface area contributed by atoms with E-state index in [1.165, 1.54) is 6.07 Å². The molecule has 0 atom stereocenters. The van der Waals surface area contributed by atoms with Crippen LogP contribution < -0.4 is 15.8 Å². The second-order valence-corrected chi connectivity index (χ2v) is 4.49. The van der Waals surface area contributed by atoms with Crippen molar-refractivity contribution in [3.8, 4) is 5.75 Å². The number of nitrogens with one attached hydrogen (secondary N) is 1. The predicted octanol–water partition coefficient (Wildman–Crippen LogP) is 2.74. The number of carbonyl (C=O) groups excluding carboxylic acids is 1. The second kappa shape index (κ2) is 6.74. The molecule has 2 aromatic rings. The summed E-state index contributed by atoms with van der Waals surface area (Å²) in [6.45, 7) is 2.47. The average Bonchev–Trinajstić information content (AvgIpc) is 2.47. The summed E-state index contributed by atoms with van der Waals surface area (Å²) in [5, 5.41) is 2.69. The van der Waals surface area contributed by atoms with E-state index in [4.69, 9.17) is 10.5 Å². The number of ether oxygens (including phenoxy) is 1. The molecule has 110 valence electrons. The molecule has 0 heterocycles. The maximum Gasteiger partial charge on any atom is 0.251 e. The predicted molar refractivity (Wildman–Crippen MR) is 79.6 cm³/mol. The van der Waals surface area contributed by atoms with Crippen molar-refractivity contribution in [2.24, 2.45) is 0 Å². The molecular weight excluding hydrogens is 271 g/mol. The molecule has 0 aromatic heterocycles. The Morgan fingerprint density at radius 2 is 2.05 bits per heavy atom. The van der Waals surface area contributed by atoms with Crippen molar-refractivity contribution in [2.75, 3.05) is 12.3 Å². The van der Waals surface area contributed by atoms with E-state index in [0.29, 0.717) is 29.1 Å². The Morgan fingerprint density at radius 3 is 2.71 bits per heavy atom. The standard InChI is InChI=1S/C16H17FN2O2/c1-2-19-16(20)11-7-8-15(14(18)9-11)21-10-12-5-3-4-6-13(12)17/h3-9H,2,10,18H2,1H3,(H,19,20). The van der Waals surface area contributed by atoms with Gasteiger partial charge in [0.25, 0.3) is 5.91 Å². The number of benzene rings is 2. The molecule has 0 radical (unpaired) electrons. The summed E-state index contributed by atoms with van der Waals surface area (Å²) in [5.74, 6) is -0.0915. The summed E-state index contributed by atoms with van der Waals surface area (Å²) in [4.78, 5) is 11.7. The van der Waals surface area contributed by atoms with Crippen molar-refractivity contribution >= 4 is 11.6 Å². The van der Waals surface area contributed by atoms with Crippen molar-refractivity contribution in [2.45, 2.75) is 13.5 Å². The molecule has 5 heteroatoms. The molecule has 0 fully saturated rings. The summed E-state index contributed by atoms with van der Waals surface area (Å²) in [6, 6.07) is 11.2. The van der Waals surface area contributed by atoms with Crippen molar-refractivity contribution in [3.05, 3.63) is 59.4 Å². The third-order valence-corrected chi connectivity index (χ3v) is 2.95. The second-order valence-electron chi connectivity index (χ2n) is 4.49. The van der Waals surface area contributed by atoms with Crippen molar-refractivity contribution in [1.29, 1.82) is 0 Å². The lowest BCUT2D eigenvalue weighted by atomic mass is 10.1. The van der Waals surface area contributed by atoms with Crippen molar-refractivity contribution in [3.63, 3.8) is 0 Å². The molecular formula is C16H17FN2O2. The van der Waals surface area contributed by atoms with Crippen LogP contribution in [0, 0.1) is 5.82 Å². The molecule has 0 saturated carbocycles. The molecule has 2 aromatic carbocycles. The highest BCUT2D eigenvalue weighted by Crippen LogP contribution is 2.24. The zero-order chi connectivity index (χ0) is 15.2. The smallest absolute Gasteiger partial charge is 0.251 e. The van der Waals surface area contributed by atoms with E-state index < -0.39 is 0 Å². The molecule has 0 aliphatic rings. The lowest BCUT2D eigenvalue weighted by molar-refractivity contribution is 0.0956. The van der Waals surface area contributed by atoms with Crippen LogP contribution in [0.1, 0.15) is 22.8 Å². The third kappa shape index (κ3) is 3.72. The van der Waals surface area contributed by atoms with Crippen LogP contribution in [-0.2, 0) is 6.61 Å². The van der Waals surface area contributed by atoms with Gasteiger partial charge < -0.3 is 15.8 Å². The molecule has 0 aliphatic heterocycles. The SMILES string of the molecule is CCNC(=O)c1ccc(OCc2ccccc2F)c(N)c1. The van der Waals surface area contributed by atoms with Gasteiger partial charge in [0.1, 0.15) is 18.2 Å². The first-order valence-corrected chi connectivity index (χ1v) is 6.65. The minimum absolute atomic E-state index is 0.0807. The normalized spacial score (nSPS) is 10.2. The number of carbonyl (C=O) groups is 1. The number of halogens is 1. The molecule has 1 amide bonds. The summed E-state index contributed by atoms with van der Waals surface area (Å²) in [6.07, 6.45) is 0. The maximum atomic E-state index is 13.5. The van der Waals surface area contributed by atoms with Crippen LogP contribution in [0.25, 0.3) is 0 Å². The Kier molecular flexibility index (Phi) is 4.77. The highest BCUT2D eigenvalue weighted by atomic mass is 19.1. The fraction of sp³-hybridized carbons (Fsp3) is 0.188. The Hall–Kier alpha value is -2.56. The Balaban J connectivity index is 2.08. The van der Waals surface area contributed by atoms with Crippen molar-refractivity contribution < 1.29 is 13.9 Å². The number of nitrogen functional groups attached to an aromatic ring is 1. The molecule has 0 spiro atoms. The first kappa shape index (κ1) is 14.8. The van der Waals surface area contributed by atoms with Gasteiger partial charge in [-0.05, 0) is 31.2 Å². The number of amides is 1. The Morgan fingerprint density at radius 1 is 1.29 bits per heavy atom. The third-order valence-electron chi connectivity index (χ3n) is 2.95. The lowest BCUT2D eigenvalue weighted by Crippen LogP contribution is -2.22. The minimum Gasteiger partial charge on any atom is -0.487 e. The van der Waals surface area contributed by atoms with Gasteiger partial charge in [-0.25, -0.2) is 4.39 Å². The molecule has 21 heavy (non-hydrogen) atoms. The van der Waals surface area contributed by atoms with Gasteiger partial charge >= 0.3 is 0 Å². The Bertz CT molecular complexity index is 644. The average molecular weight is 288 g/mol. The van der Waals surface area contributed by atoms with Gasteiger partial charge in [0.15, 0.2) is 0 Å². The molecule has 2 rings (SSSR count). The number of anilines is 1. The molecule has 0 unspecified atom stereocenters. The van der Waals surface area contributed by atoms with E-state index in [1.54, 1.807) is 36.4 Å². The molecule has 0 bridgehead atoms. The van der Waals surface area contributed by atoms with E-state index in [2.05, 4.69) is 5.32 Å². The van der Waals surface area contributed by atoms with Gasteiger partial charge in [0.2, 0.25) is 0 Å². The first-order chi connectivity index (χ1) is 10.1. The van der Waals surface area contributed by atoms with Gasteiger partial charge in [0.05, 0.1) is 5.69 Å². The van der Waals surface area contributed by atoms with Crippen LogP contribution >= 0.6 is 0 Å². The summed E-state index contributed by atoms with van der Waals surface area (Å²) >= 11 is 0. The largest absolute Gasteiger partial charge is 0.487 e. The van der Waals surface area contributed by atoms with Crippen LogP contribution in [0.4, 0.5) is 10.1 Å². The van der Waals surface area contributed by atoms with E-state index in [1.807, 2.05) is 6.92 Å². The zero-order valence-corrected chi connectivity index (χ0v) is 11.7. The Labute approximate surface area is 122 Å². The molecule has 4 nitrogen and oxygen atoms in total. The quantitative estimate of drug-likeness (QED) is 0.831. The van der Waals surface area contributed by atoms with Gasteiger partial charge in [-0.2, -0.15) is 0 Å². The number of hydrogen-bond donors (Lipinski definition) is 2. The van der Waals surface area contributed by atoms with Crippen LogP contribution in [0.3, 0.4) is 0 Å². The molecule has 0 aliphatic carbocycles. The van der Waals surface area contributed by atoms with Crippen LogP contribution in [-0.4, -0.2) is 12.5 Å². The van der Waals surface area contributed by atoms with Crippen LogP contribution in [0.2, 0.25) is 0 Å². The zero-order valence-electron chi connectivity index (χ0n) is 11.7. The first-order valence-electron chi connectivity index (χ1n) is 6.65. The number of rotatable bonds is 5. The maximum absolute atomic E-state index is 13.5. The van der Waals surface area contributed by atoms with Crippen molar-refractivity contribution in [1.82, 2.24) is 5.32 Å². The van der Waals surface area contributed by atoms with Gasteiger partial charge in [-0.1, -0.05) is 18.2 Å². The lowest BCUT2D eigenvalue weighted by Gasteiger charge is -2.11. The van der Waals surface area contributed by atoms with Gasteiger partial charge in [-0.3, -0.25) is 4.79 Å². The van der Waals surface area contributed by atoms with Gasteiger partial charge in [-0.15, -0.1) is 0 Å². The van der Waals surface area contributed by atoms with E-state index in [-0.39, 0.29) is 18.3 Å².